The number of aromatic nitrogens is 1. The van der Waals surface area contributed by atoms with E-state index >= 15 is 0 Å². The van der Waals surface area contributed by atoms with Gasteiger partial charge < -0.3 is 9.88 Å². The van der Waals surface area contributed by atoms with Crippen LogP contribution in [0.1, 0.15) is 34.2 Å². The average molecular weight is 401 g/mol. The Labute approximate surface area is 166 Å². The molecule has 1 aromatic heterocycles. The number of nitrogens with zero attached hydrogens (tertiary/aromatic N) is 2. The Kier molecular flexibility index (Phi) is 5.13. The second-order valence-corrected chi connectivity index (χ2v) is 7.18. The van der Waals surface area contributed by atoms with Crippen molar-refractivity contribution < 1.29 is 23.2 Å². The quantitative estimate of drug-likeness (QED) is 0.459. The maximum atomic E-state index is 14.2. The van der Waals surface area contributed by atoms with Gasteiger partial charge in [0, 0.05) is 29.1 Å². The van der Waals surface area contributed by atoms with E-state index in [1.165, 1.54) is 6.92 Å². The zero-order valence-corrected chi connectivity index (χ0v) is 16.4. The molecule has 3 amide bonds. The lowest BCUT2D eigenvalue weighted by Crippen LogP contribution is -2.42. The molecule has 1 aromatic carbocycles. The number of carbonyl (C=O) groups excluding carboxylic acids is 3. The molecular formula is C21H21F2N3O3. The summed E-state index contributed by atoms with van der Waals surface area (Å²) in [4.78, 5) is 38.8. The SMILES string of the molecule is C=CCn1c(C)cc(C(=O)CN2C(=O)NC(C)(c3cc(F)ccc3F)C2=O)c1C. The van der Waals surface area contributed by atoms with Gasteiger partial charge in [0.1, 0.15) is 17.2 Å². The van der Waals surface area contributed by atoms with Gasteiger partial charge in [-0.25, -0.2) is 13.6 Å². The number of imide groups is 1. The van der Waals surface area contributed by atoms with Gasteiger partial charge in [-0.1, -0.05) is 6.08 Å². The summed E-state index contributed by atoms with van der Waals surface area (Å²) in [6.07, 6.45) is 1.70. The first-order valence-corrected chi connectivity index (χ1v) is 9.00. The predicted octanol–water partition coefficient (Wildman–Crippen LogP) is 3.22. The van der Waals surface area contributed by atoms with Crippen molar-refractivity contribution in [2.24, 2.45) is 0 Å². The fourth-order valence-electron chi connectivity index (χ4n) is 3.63. The number of carbonyl (C=O) groups is 3. The lowest BCUT2D eigenvalue weighted by molar-refractivity contribution is -0.130. The van der Waals surface area contributed by atoms with Crippen LogP contribution in [0.4, 0.5) is 13.6 Å². The molecule has 1 N–H and O–H groups in total. The number of amides is 3. The summed E-state index contributed by atoms with van der Waals surface area (Å²) in [7, 11) is 0. The van der Waals surface area contributed by atoms with Gasteiger partial charge in [-0.15, -0.1) is 6.58 Å². The van der Waals surface area contributed by atoms with Crippen molar-refractivity contribution in [2.75, 3.05) is 6.54 Å². The molecule has 152 valence electrons. The second kappa shape index (κ2) is 7.27. The van der Waals surface area contributed by atoms with Gasteiger partial charge in [0.2, 0.25) is 0 Å². The van der Waals surface area contributed by atoms with E-state index in [0.717, 1.165) is 28.8 Å². The third kappa shape index (κ3) is 3.35. The van der Waals surface area contributed by atoms with Gasteiger partial charge in [-0.05, 0) is 45.0 Å². The molecule has 1 saturated heterocycles. The number of ketones is 1. The zero-order valence-electron chi connectivity index (χ0n) is 16.4. The number of hydrogen-bond acceptors (Lipinski definition) is 3. The summed E-state index contributed by atoms with van der Waals surface area (Å²) < 4.78 is 29.7. The Bertz CT molecular complexity index is 1040. The van der Waals surface area contributed by atoms with Crippen molar-refractivity contribution in [2.45, 2.75) is 32.9 Å². The summed E-state index contributed by atoms with van der Waals surface area (Å²) >= 11 is 0. The van der Waals surface area contributed by atoms with Gasteiger partial charge in [-0.3, -0.25) is 14.5 Å². The van der Waals surface area contributed by atoms with Crippen molar-refractivity contribution in [1.82, 2.24) is 14.8 Å². The fraction of sp³-hybridized carbons (Fsp3) is 0.286. The molecule has 0 saturated carbocycles. The largest absolute Gasteiger partial charge is 0.345 e. The van der Waals surface area contributed by atoms with Crippen molar-refractivity contribution in [3.8, 4) is 0 Å². The topological polar surface area (TPSA) is 71.4 Å². The Morgan fingerprint density at radius 3 is 2.59 bits per heavy atom. The van der Waals surface area contributed by atoms with Gasteiger partial charge in [-0.2, -0.15) is 0 Å². The molecular weight excluding hydrogens is 380 g/mol. The maximum absolute atomic E-state index is 14.2. The van der Waals surface area contributed by atoms with E-state index in [9.17, 15) is 23.2 Å². The van der Waals surface area contributed by atoms with Crippen LogP contribution in [0.3, 0.4) is 0 Å². The molecule has 0 aliphatic carbocycles. The lowest BCUT2D eigenvalue weighted by Gasteiger charge is -2.22. The average Bonchev–Trinajstić information content (AvgIpc) is 3.06. The van der Waals surface area contributed by atoms with Crippen LogP contribution in [-0.4, -0.2) is 33.7 Å². The summed E-state index contributed by atoms with van der Waals surface area (Å²) in [5.74, 6) is -2.82. The molecule has 1 aliphatic heterocycles. The second-order valence-electron chi connectivity index (χ2n) is 7.18. The third-order valence-electron chi connectivity index (χ3n) is 5.23. The Hall–Kier alpha value is -3.29. The molecule has 1 atom stereocenters. The molecule has 0 spiro atoms. The number of nitrogens with one attached hydrogen (secondary N) is 1. The minimum atomic E-state index is -1.80. The van der Waals surface area contributed by atoms with Crippen molar-refractivity contribution in [3.05, 3.63) is 71.1 Å². The van der Waals surface area contributed by atoms with E-state index < -0.39 is 41.4 Å². The highest BCUT2D eigenvalue weighted by Crippen LogP contribution is 2.31. The van der Waals surface area contributed by atoms with Crippen LogP contribution < -0.4 is 5.32 Å². The minimum absolute atomic E-state index is 0.296. The predicted molar refractivity (Wildman–Crippen MR) is 102 cm³/mol. The first-order chi connectivity index (χ1) is 13.6. The first kappa shape index (κ1) is 20.4. The fourth-order valence-corrected chi connectivity index (χ4v) is 3.63. The lowest BCUT2D eigenvalue weighted by atomic mass is 9.91. The molecule has 3 rings (SSSR count). The van der Waals surface area contributed by atoms with Crippen molar-refractivity contribution in [1.29, 1.82) is 0 Å². The van der Waals surface area contributed by atoms with Crippen LogP contribution in [0.5, 0.6) is 0 Å². The molecule has 2 heterocycles. The van der Waals surface area contributed by atoms with Crippen LogP contribution in [0, 0.1) is 25.5 Å². The zero-order chi connectivity index (χ0) is 21.5. The molecule has 29 heavy (non-hydrogen) atoms. The smallest absolute Gasteiger partial charge is 0.325 e. The normalized spacial score (nSPS) is 18.9. The van der Waals surface area contributed by atoms with E-state index in [-0.39, 0.29) is 5.56 Å². The van der Waals surface area contributed by atoms with Crippen molar-refractivity contribution >= 4 is 17.7 Å². The summed E-state index contributed by atoms with van der Waals surface area (Å²) in [6.45, 7) is 8.59. The Morgan fingerprint density at radius 1 is 1.24 bits per heavy atom. The summed E-state index contributed by atoms with van der Waals surface area (Å²) in [5.41, 5.74) is -0.179. The molecule has 2 aromatic rings. The number of benzene rings is 1. The molecule has 8 heteroatoms. The molecule has 1 aliphatic rings. The standard InChI is InChI=1S/C21H21F2N3O3/c1-5-8-25-12(2)9-15(13(25)3)18(27)11-26-19(28)21(4,24-20(26)29)16-10-14(22)6-7-17(16)23/h5-7,9-10H,1,8,11H2,2-4H3,(H,24,29). The Morgan fingerprint density at radius 2 is 1.93 bits per heavy atom. The number of allylic oxidation sites excluding steroid dienone is 1. The monoisotopic (exact) mass is 401 g/mol. The number of Topliss-reactive ketones (excluding diaryl/α,β-unsaturated/α-hetero) is 1. The molecule has 0 radical (unpaired) electrons. The highest BCUT2D eigenvalue weighted by Gasteiger charge is 2.51. The van der Waals surface area contributed by atoms with Gasteiger partial charge >= 0.3 is 6.03 Å². The van der Waals surface area contributed by atoms with Gasteiger partial charge in [0.05, 0.1) is 6.54 Å². The molecule has 0 bridgehead atoms. The van der Waals surface area contributed by atoms with Crippen LogP contribution in [0.15, 0.2) is 36.9 Å². The number of hydrogen-bond donors (Lipinski definition) is 1. The van der Waals surface area contributed by atoms with E-state index in [1.54, 1.807) is 19.1 Å². The van der Waals surface area contributed by atoms with Gasteiger partial charge in [0.25, 0.3) is 5.91 Å². The first-order valence-electron chi connectivity index (χ1n) is 9.00. The van der Waals surface area contributed by atoms with E-state index in [0.29, 0.717) is 17.8 Å². The highest BCUT2D eigenvalue weighted by molar-refractivity contribution is 6.11. The van der Waals surface area contributed by atoms with Crippen LogP contribution in [-0.2, 0) is 16.9 Å². The van der Waals surface area contributed by atoms with Crippen LogP contribution in [0.2, 0.25) is 0 Å². The molecule has 1 unspecified atom stereocenters. The summed E-state index contributed by atoms with van der Waals surface area (Å²) in [5, 5.41) is 2.38. The number of rotatable bonds is 6. The third-order valence-corrected chi connectivity index (χ3v) is 5.23. The van der Waals surface area contributed by atoms with Crippen molar-refractivity contribution in [3.63, 3.8) is 0 Å². The summed E-state index contributed by atoms with van der Waals surface area (Å²) in [6, 6.07) is 3.52. The molecule has 1 fully saturated rings. The number of urea groups is 1. The van der Waals surface area contributed by atoms with E-state index in [4.69, 9.17) is 0 Å². The number of aryl methyl sites for hydroxylation is 1. The van der Waals surface area contributed by atoms with Gasteiger partial charge in [0.15, 0.2) is 5.78 Å². The van der Waals surface area contributed by atoms with E-state index in [1.807, 2.05) is 11.5 Å². The maximum Gasteiger partial charge on any atom is 0.325 e. The van der Waals surface area contributed by atoms with E-state index in [2.05, 4.69) is 11.9 Å². The Balaban J connectivity index is 1.89. The van der Waals surface area contributed by atoms with Crippen LogP contribution in [0.25, 0.3) is 0 Å². The minimum Gasteiger partial charge on any atom is -0.345 e. The highest BCUT2D eigenvalue weighted by atomic mass is 19.1. The number of halogens is 2. The van der Waals surface area contributed by atoms with Crippen LogP contribution >= 0.6 is 0 Å². The molecule has 6 nitrogen and oxygen atoms in total.